The largest absolute Gasteiger partial charge is 0.390 e. The summed E-state index contributed by atoms with van der Waals surface area (Å²) >= 11 is 0. The van der Waals surface area contributed by atoms with Gasteiger partial charge in [-0.15, -0.1) is 0 Å². The molecule has 2 amide bonds. The van der Waals surface area contributed by atoms with E-state index in [0.29, 0.717) is 18.5 Å². The maximum atomic E-state index is 14.1. The van der Waals surface area contributed by atoms with Crippen LogP contribution in [0.5, 0.6) is 0 Å². The van der Waals surface area contributed by atoms with Gasteiger partial charge in [-0.25, -0.2) is 9.18 Å². The number of hydrogen-bond acceptors (Lipinski definition) is 3. The van der Waals surface area contributed by atoms with Gasteiger partial charge in [0.15, 0.2) is 6.10 Å². The molecular formula is C21H24FN3O2. The van der Waals surface area contributed by atoms with Gasteiger partial charge in [0.25, 0.3) is 0 Å². The Hall–Kier alpha value is -2.89. The molecule has 1 aliphatic rings. The van der Waals surface area contributed by atoms with Crippen molar-refractivity contribution in [1.82, 2.24) is 10.2 Å². The van der Waals surface area contributed by atoms with Gasteiger partial charge in [0.1, 0.15) is 5.82 Å². The molecule has 0 aliphatic carbocycles. The van der Waals surface area contributed by atoms with Crippen LogP contribution < -0.4 is 5.32 Å². The number of amides is 2. The Labute approximate surface area is 158 Å². The highest BCUT2D eigenvalue weighted by molar-refractivity contribution is 6.01. The van der Waals surface area contributed by atoms with Crippen LogP contribution in [0, 0.1) is 5.82 Å². The van der Waals surface area contributed by atoms with Crippen LogP contribution in [-0.4, -0.2) is 35.3 Å². The standard InChI is InChI=1S/C21H24FN3O2/c1-15(2)23-21(26)25(13-17-10-6-7-11-19(17)22)14-18-12-20(24-27-18)16-8-4-3-5-9-16/h3-11,15,18H,12-14H2,1-2H3,(H,23,26)/t18-/m1/s1. The average molecular weight is 369 g/mol. The van der Waals surface area contributed by atoms with Crippen LogP contribution in [0.1, 0.15) is 31.4 Å². The summed E-state index contributed by atoms with van der Waals surface area (Å²) in [7, 11) is 0. The van der Waals surface area contributed by atoms with Gasteiger partial charge >= 0.3 is 6.03 Å². The smallest absolute Gasteiger partial charge is 0.318 e. The number of halogens is 1. The van der Waals surface area contributed by atoms with E-state index >= 15 is 0 Å². The minimum Gasteiger partial charge on any atom is -0.390 e. The van der Waals surface area contributed by atoms with Crippen molar-refractivity contribution in [3.05, 3.63) is 71.5 Å². The summed E-state index contributed by atoms with van der Waals surface area (Å²) in [6, 6.07) is 16.0. The number of rotatable bonds is 6. The molecule has 1 N–H and O–H groups in total. The predicted molar refractivity (Wildman–Crippen MR) is 103 cm³/mol. The SMILES string of the molecule is CC(C)NC(=O)N(Cc1ccccc1F)C[C@H]1CC(c2ccccc2)=NO1. The van der Waals surface area contributed by atoms with Gasteiger partial charge in [-0.05, 0) is 25.5 Å². The quantitative estimate of drug-likeness (QED) is 0.839. The van der Waals surface area contributed by atoms with Gasteiger partial charge in [-0.3, -0.25) is 0 Å². The second-order valence-electron chi connectivity index (χ2n) is 6.91. The van der Waals surface area contributed by atoms with E-state index in [1.807, 2.05) is 44.2 Å². The Morgan fingerprint density at radius 2 is 1.93 bits per heavy atom. The zero-order valence-electron chi connectivity index (χ0n) is 15.6. The summed E-state index contributed by atoms with van der Waals surface area (Å²) < 4.78 is 14.1. The number of hydrogen-bond donors (Lipinski definition) is 1. The molecule has 0 aromatic heterocycles. The highest BCUT2D eigenvalue weighted by Crippen LogP contribution is 2.19. The van der Waals surface area contributed by atoms with E-state index in [0.717, 1.165) is 11.3 Å². The molecule has 1 atom stereocenters. The van der Waals surface area contributed by atoms with E-state index in [9.17, 15) is 9.18 Å². The summed E-state index contributed by atoms with van der Waals surface area (Å²) in [6.45, 7) is 4.28. The van der Waals surface area contributed by atoms with Crippen molar-refractivity contribution in [3.8, 4) is 0 Å². The maximum absolute atomic E-state index is 14.1. The normalized spacial score (nSPS) is 16.0. The van der Waals surface area contributed by atoms with E-state index in [-0.39, 0.29) is 30.5 Å². The van der Waals surface area contributed by atoms with Crippen molar-refractivity contribution >= 4 is 11.7 Å². The van der Waals surface area contributed by atoms with Crippen LogP contribution in [0.15, 0.2) is 59.8 Å². The van der Waals surface area contributed by atoms with E-state index in [2.05, 4.69) is 10.5 Å². The topological polar surface area (TPSA) is 53.9 Å². The van der Waals surface area contributed by atoms with Crippen LogP contribution in [0.3, 0.4) is 0 Å². The van der Waals surface area contributed by atoms with E-state index < -0.39 is 0 Å². The molecule has 0 fully saturated rings. The van der Waals surface area contributed by atoms with Crippen molar-refractivity contribution in [2.75, 3.05) is 6.54 Å². The molecule has 6 heteroatoms. The molecule has 2 aromatic rings. The fourth-order valence-electron chi connectivity index (χ4n) is 2.96. The molecule has 142 valence electrons. The molecule has 3 rings (SSSR count). The van der Waals surface area contributed by atoms with Gasteiger partial charge in [-0.1, -0.05) is 53.7 Å². The van der Waals surface area contributed by atoms with E-state index in [1.54, 1.807) is 23.1 Å². The van der Waals surface area contributed by atoms with Crippen molar-refractivity contribution in [2.45, 2.75) is 39.0 Å². The van der Waals surface area contributed by atoms with Gasteiger partial charge in [-0.2, -0.15) is 0 Å². The summed E-state index contributed by atoms with van der Waals surface area (Å²) in [5.41, 5.74) is 2.33. The number of oxime groups is 1. The molecule has 2 aromatic carbocycles. The number of benzene rings is 2. The maximum Gasteiger partial charge on any atom is 0.318 e. The Balaban J connectivity index is 1.68. The number of urea groups is 1. The second-order valence-corrected chi connectivity index (χ2v) is 6.91. The molecule has 0 unspecified atom stereocenters. The molecule has 0 radical (unpaired) electrons. The van der Waals surface area contributed by atoms with Crippen LogP contribution in [-0.2, 0) is 11.4 Å². The highest BCUT2D eigenvalue weighted by Gasteiger charge is 2.27. The Bertz CT molecular complexity index is 808. The monoisotopic (exact) mass is 369 g/mol. The number of nitrogens with zero attached hydrogens (tertiary/aromatic N) is 2. The number of carbonyl (C=O) groups excluding carboxylic acids is 1. The lowest BCUT2D eigenvalue weighted by Gasteiger charge is -2.26. The predicted octanol–water partition coefficient (Wildman–Crippen LogP) is 3.94. The van der Waals surface area contributed by atoms with Crippen molar-refractivity contribution in [1.29, 1.82) is 0 Å². The first kappa shape index (κ1) is 18.9. The third-order valence-corrected chi connectivity index (χ3v) is 4.28. The molecule has 0 saturated heterocycles. The third-order valence-electron chi connectivity index (χ3n) is 4.28. The first-order chi connectivity index (χ1) is 13.0. The van der Waals surface area contributed by atoms with Crippen molar-refractivity contribution in [3.63, 3.8) is 0 Å². The Morgan fingerprint density at radius 3 is 2.63 bits per heavy atom. The average Bonchev–Trinajstić information content (AvgIpc) is 3.12. The summed E-state index contributed by atoms with van der Waals surface area (Å²) in [6.07, 6.45) is 0.345. The fourth-order valence-corrected chi connectivity index (χ4v) is 2.96. The molecule has 1 heterocycles. The van der Waals surface area contributed by atoms with Gasteiger partial charge < -0.3 is 15.1 Å². The molecule has 0 bridgehead atoms. The fraction of sp³-hybridized carbons (Fsp3) is 0.333. The lowest BCUT2D eigenvalue weighted by atomic mass is 10.0. The summed E-state index contributed by atoms with van der Waals surface area (Å²) in [5.74, 6) is -0.326. The van der Waals surface area contributed by atoms with Gasteiger partial charge in [0.05, 0.1) is 18.8 Å². The van der Waals surface area contributed by atoms with Crippen LogP contribution >= 0.6 is 0 Å². The number of nitrogens with one attached hydrogen (secondary N) is 1. The zero-order chi connectivity index (χ0) is 19.2. The zero-order valence-corrected chi connectivity index (χ0v) is 15.6. The van der Waals surface area contributed by atoms with Crippen molar-refractivity contribution < 1.29 is 14.0 Å². The lowest BCUT2D eigenvalue weighted by molar-refractivity contribution is 0.0584. The van der Waals surface area contributed by atoms with E-state index in [4.69, 9.17) is 4.84 Å². The van der Waals surface area contributed by atoms with Crippen LogP contribution in [0.4, 0.5) is 9.18 Å². The summed E-state index contributed by atoms with van der Waals surface area (Å²) in [5, 5.41) is 7.04. The Morgan fingerprint density at radius 1 is 1.22 bits per heavy atom. The molecular weight excluding hydrogens is 345 g/mol. The second kappa shape index (κ2) is 8.66. The lowest BCUT2D eigenvalue weighted by Crippen LogP contribution is -2.45. The van der Waals surface area contributed by atoms with Gasteiger partial charge in [0, 0.05) is 18.0 Å². The minimum absolute atomic E-state index is 0.0127. The van der Waals surface area contributed by atoms with Gasteiger partial charge in [0.2, 0.25) is 0 Å². The van der Waals surface area contributed by atoms with Crippen LogP contribution in [0.2, 0.25) is 0 Å². The van der Waals surface area contributed by atoms with E-state index in [1.165, 1.54) is 6.07 Å². The molecule has 5 nitrogen and oxygen atoms in total. The van der Waals surface area contributed by atoms with Crippen molar-refractivity contribution in [2.24, 2.45) is 5.16 Å². The third kappa shape index (κ3) is 5.06. The molecule has 0 spiro atoms. The highest BCUT2D eigenvalue weighted by atomic mass is 19.1. The van der Waals surface area contributed by atoms with Crippen LogP contribution in [0.25, 0.3) is 0 Å². The minimum atomic E-state index is -0.326. The first-order valence-electron chi connectivity index (χ1n) is 9.10. The summed E-state index contributed by atoms with van der Waals surface area (Å²) in [4.78, 5) is 19.7. The molecule has 0 saturated carbocycles. The number of carbonyl (C=O) groups is 1. The first-order valence-corrected chi connectivity index (χ1v) is 9.10. The Kier molecular flexibility index (Phi) is 6.06. The molecule has 27 heavy (non-hydrogen) atoms. The molecule has 1 aliphatic heterocycles.